The van der Waals surface area contributed by atoms with E-state index in [2.05, 4.69) is 10.3 Å². The number of fused-ring (bicyclic) bond motifs is 1. The predicted molar refractivity (Wildman–Crippen MR) is 109 cm³/mol. The van der Waals surface area contributed by atoms with Gasteiger partial charge in [-0.15, -0.1) is 0 Å². The van der Waals surface area contributed by atoms with Crippen LogP contribution in [0.2, 0.25) is 0 Å². The number of hydrogen-bond donors (Lipinski definition) is 3. The van der Waals surface area contributed by atoms with Gasteiger partial charge in [-0.3, -0.25) is 18.3 Å². The van der Waals surface area contributed by atoms with E-state index in [1.807, 2.05) is 12.1 Å². The maximum Gasteiger partial charge on any atom is 0.276 e. The fourth-order valence-electron chi connectivity index (χ4n) is 3.17. The minimum absolute atomic E-state index is 0.127. The van der Waals surface area contributed by atoms with Crippen molar-refractivity contribution in [2.24, 2.45) is 13.0 Å². The van der Waals surface area contributed by atoms with Crippen molar-refractivity contribution in [3.8, 4) is 11.3 Å². The SMILES string of the molecule is CCS(O)(O)c1ccc(NCC2CC2)c(-c2cn(C)c(=O)c3cncn23)c1. The predicted octanol–water partition coefficient (Wildman–Crippen LogP) is 3.65. The van der Waals surface area contributed by atoms with Crippen LogP contribution >= 0.6 is 10.6 Å². The Morgan fingerprint density at radius 3 is 2.81 bits per heavy atom. The molecule has 0 spiro atoms. The van der Waals surface area contributed by atoms with E-state index in [0.717, 1.165) is 23.5 Å². The molecule has 0 amide bonds. The zero-order valence-corrected chi connectivity index (χ0v) is 16.2. The second-order valence-corrected chi connectivity index (χ2v) is 9.45. The molecule has 1 aromatic carbocycles. The van der Waals surface area contributed by atoms with Gasteiger partial charge in [0.05, 0.1) is 23.1 Å². The van der Waals surface area contributed by atoms with Gasteiger partial charge in [0.15, 0.2) is 0 Å². The molecule has 3 N–H and O–H groups in total. The molecule has 0 saturated heterocycles. The minimum Gasteiger partial charge on any atom is -0.384 e. The molecule has 1 saturated carbocycles. The largest absolute Gasteiger partial charge is 0.384 e. The van der Waals surface area contributed by atoms with Gasteiger partial charge in [0.1, 0.15) is 5.52 Å². The van der Waals surface area contributed by atoms with Gasteiger partial charge in [0.25, 0.3) is 5.56 Å². The lowest BCUT2D eigenvalue weighted by Crippen LogP contribution is -2.19. The van der Waals surface area contributed by atoms with Crippen LogP contribution in [0.5, 0.6) is 0 Å². The number of anilines is 1. The first kappa shape index (κ1) is 18.1. The Morgan fingerprint density at radius 1 is 1.33 bits per heavy atom. The van der Waals surface area contributed by atoms with Gasteiger partial charge < -0.3 is 9.88 Å². The number of nitrogens with zero attached hydrogens (tertiary/aromatic N) is 3. The molecule has 0 radical (unpaired) electrons. The number of rotatable bonds is 6. The van der Waals surface area contributed by atoms with Gasteiger partial charge >= 0.3 is 0 Å². The highest BCUT2D eigenvalue weighted by Gasteiger charge is 2.23. The first-order valence-electron chi connectivity index (χ1n) is 9.06. The molecule has 8 heteroatoms. The molecule has 0 bridgehead atoms. The average molecular weight is 388 g/mol. The monoisotopic (exact) mass is 388 g/mol. The number of hydrogen-bond acceptors (Lipinski definition) is 5. The summed E-state index contributed by atoms with van der Waals surface area (Å²) in [4.78, 5) is 17.0. The third-order valence-electron chi connectivity index (χ3n) is 5.08. The summed E-state index contributed by atoms with van der Waals surface area (Å²) in [5.41, 5.74) is 2.86. The zero-order chi connectivity index (χ0) is 19.2. The van der Waals surface area contributed by atoms with Gasteiger partial charge in [-0.2, -0.15) is 10.6 Å². The molecule has 4 rings (SSSR count). The number of aryl methyl sites for hydroxylation is 1. The van der Waals surface area contributed by atoms with Gasteiger partial charge in [-0.25, -0.2) is 4.98 Å². The van der Waals surface area contributed by atoms with E-state index < -0.39 is 10.6 Å². The Kier molecular flexibility index (Phi) is 4.49. The second-order valence-electron chi connectivity index (χ2n) is 7.07. The first-order chi connectivity index (χ1) is 12.9. The lowest BCUT2D eigenvalue weighted by molar-refractivity contribution is 0.488. The van der Waals surface area contributed by atoms with Crippen LogP contribution in [0, 0.1) is 5.92 Å². The second kappa shape index (κ2) is 6.70. The number of aromatic nitrogens is 3. The third-order valence-corrected chi connectivity index (χ3v) is 6.89. The Balaban J connectivity index is 1.91. The van der Waals surface area contributed by atoms with Crippen molar-refractivity contribution in [2.45, 2.75) is 24.7 Å². The summed E-state index contributed by atoms with van der Waals surface area (Å²) in [6.45, 7) is 2.64. The van der Waals surface area contributed by atoms with E-state index >= 15 is 0 Å². The van der Waals surface area contributed by atoms with E-state index in [-0.39, 0.29) is 11.3 Å². The molecule has 3 aromatic rings. The molecule has 0 atom stereocenters. The maximum atomic E-state index is 12.4. The van der Waals surface area contributed by atoms with E-state index in [0.29, 0.717) is 16.3 Å². The van der Waals surface area contributed by atoms with Crippen LogP contribution in [0.4, 0.5) is 5.69 Å². The van der Waals surface area contributed by atoms with Crippen LogP contribution in [0.3, 0.4) is 0 Å². The van der Waals surface area contributed by atoms with Crippen LogP contribution in [-0.2, 0) is 7.05 Å². The molecule has 27 heavy (non-hydrogen) atoms. The molecule has 2 aromatic heterocycles. The Bertz CT molecular complexity index is 1050. The fraction of sp³-hybridized carbons (Fsp3) is 0.368. The fourth-order valence-corrected chi connectivity index (χ4v) is 4.09. The van der Waals surface area contributed by atoms with Crippen molar-refractivity contribution < 1.29 is 9.11 Å². The number of imidazole rings is 1. The van der Waals surface area contributed by atoms with Gasteiger partial charge in [-0.05, 0) is 43.9 Å². The first-order valence-corrected chi connectivity index (χ1v) is 10.8. The van der Waals surface area contributed by atoms with Crippen LogP contribution < -0.4 is 10.9 Å². The minimum atomic E-state index is -2.84. The van der Waals surface area contributed by atoms with E-state index in [1.165, 1.54) is 17.4 Å². The smallest absolute Gasteiger partial charge is 0.276 e. The number of nitrogens with one attached hydrogen (secondary N) is 1. The highest BCUT2D eigenvalue weighted by molar-refractivity contribution is 8.24. The molecular weight excluding hydrogens is 364 g/mol. The van der Waals surface area contributed by atoms with Crippen molar-refractivity contribution in [3.05, 3.63) is 47.3 Å². The van der Waals surface area contributed by atoms with Crippen LogP contribution in [0.25, 0.3) is 16.8 Å². The van der Waals surface area contributed by atoms with Crippen molar-refractivity contribution >= 4 is 21.8 Å². The van der Waals surface area contributed by atoms with Crippen LogP contribution in [0.15, 0.2) is 46.6 Å². The molecule has 0 aliphatic heterocycles. The molecule has 0 unspecified atom stereocenters. The summed E-state index contributed by atoms with van der Waals surface area (Å²) in [7, 11) is -1.14. The van der Waals surface area contributed by atoms with Crippen molar-refractivity contribution in [2.75, 3.05) is 17.6 Å². The Hall–Kier alpha value is -2.29. The highest BCUT2D eigenvalue weighted by atomic mass is 32.3. The van der Waals surface area contributed by atoms with Gasteiger partial charge in [0.2, 0.25) is 0 Å². The highest BCUT2D eigenvalue weighted by Crippen LogP contribution is 2.49. The summed E-state index contributed by atoms with van der Waals surface area (Å²) >= 11 is 0. The Morgan fingerprint density at radius 2 is 2.11 bits per heavy atom. The lowest BCUT2D eigenvalue weighted by Gasteiger charge is -2.31. The standard InChI is InChI=1S/C19H24N4O3S/c1-3-27(25,26)14-6-7-16(21-9-13-4-5-13)15(8-14)18-11-22(2)19(24)17-10-20-12-23(17)18/h6-8,10-13,21,25-26H,3-5,9H2,1-2H3. The average Bonchev–Trinajstić information content (AvgIpc) is 3.36. The normalized spacial score (nSPS) is 15.3. The van der Waals surface area contributed by atoms with E-state index in [4.69, 9.17) is 0 Å². The maximum absolute atomic E-state index is 12.4. The molecule has 7 nitrogen and oxygen atoms in total. The molecule has 1 aliphatic rings. The number of benzene rings is 1. The van der Waals surface area contributed by atoms with Crippen molar-refractivity contribution in [3.63, 3.8) is 0 Å². The van der Waals surface area contributed by atoms with E-state index in [1.54, 1.807) is 43.2 Å². The summed E-state index contributed by atoms with van der Waals surface area (Å²) in [5, 5.41) is 3.49. The van der Waals surface area contributed by atoms with Gasteiger partial charge in [0, 0.05) is 36.8 Å². The molecule has 1 aliphatic carbocycles. The summed E-state index contributed by atoms with van der Waals surface area (Å²) in [6.07, 6.45) is 7.40. The Labute approximate surface area is 159 Å². The third kappa shape index (κ3) is 3.36. The summed E-state index contributed by atoms with van der Waals surface area (Å²) in [5.74, 6) is 0.955. The van der Waals surface area contributed by atoms with E-state index in [9.17, 15) is 13.9 Å². The molecule has 1 fully saturated rings. The topological polar surface area (TPSA) is 91.8 Å². The van der Waals surface area contributed by atoms with Crippen LogP contribution in [0.1, 0.15) is 19.8 Å². The van der Waals surface area contributed by atoms with Crippen molar-refractivity contribution in [1.82, 2.24) is 14.0 Å². The zero-order valence-electron chi connectivity index (χ0n) is 15.4. The lowest BCUT2D eigenvalue weighted by atomic mass is 10.1. The van der Waals surface area contributed by atoms with Gasteiger partial charge in [-0.1, -0.05) is 0 Å². The van der Waals surface area contributed by atoms with Crippen molar-refractivity contribution in [1.29, 1.82) is 0 Å². The summed E-state index contributed by atoms with van der Waals surface area (Å²) in [6, 6.07) is 5.47. The molecule has 2 heterocycles. The molecule has 144 valence electrons. The molecular formula is C19H24N4O3S. The quantitative estimate of drug-likeness (QED) is 0.599. The van der Waals surface area contributed by atoms with Crippen LogP contribution in [-0.4, -0.2) is 35.4 Å². The summed E-state index contributed by atoms with van der Waals surface area (Å²) < 4.78 is 24.1.